The van der Waals surface area contributed by atoms with Crippen LogP contribution in [-0.2, 0) is 41.4 Å². The first-order valence-electron chi connectivity index (χ1n) is 6.94. The average Bonchev–Trinajstić information content (AvgIpc) is 2.95. The van der Waals surface area contributed by atoms with Gasteiger partial charge in [0.05, 0.1) is 12.9 Å². The number of aryl methyl sites for hydroxylation is 1. The quantitative estimate of drug-likeness (QED) is 0.828. The highest BCUT2D eigenvalue weighted by Gasteiger charge is 2.30. The van der Waals surface area contributed by atoms with Crippen LogP contribution in [-0.4, -0.2) is 40.9 Å². The van der Waals surface area contributed by atoms with E-state index in [1.807, 2.05) is 0 Å². The molecular formula is C14H18N4O3S. The fraction of sp³-hybridized carbons (Fsp3) is 0.429. The van der Waals surface area contributed by atoms with E-state index in [2.05, 4.69) is 9.97 Å². The standard InChI is InChI=1S/C14H18N4O3S/c1-17-8-14(16-10-17)22(19,20)18-4-3-13-11(7-18)5-15-6-12(13)9-21-2/h5-6,8,10H,3-4,7,9H2,1-2H3. The summed E-state index contributed by atoms with van der Waals surface area (Å²) in [5, 5.41) is 0.0828. The summed E-state index contributed by atoms with van der Waals surface area (Å²) < 4.78 is 33.5. The molecule has 3 rings (SSSR count). The molecule has 22 heavy (non-hydrogen) atoms. The fourth-order valence-electron chi connectivity index (χ4n) is 2.68. The van der Waals surface area contributed by atoms with Crippen molar-refractivity contribution in [2.24, 2.45) is 7.05 Å². The molecule has 0 amide bonds. The molecular weight excluding hydrogens is 304 g/mol. The van der Waals surface area contributed by atoms with Crippen molar-refractivity contribution in [1.29, 1.82) is 0 Å². The Kier molecular flexibility index (Phi) is 3.98. The molecule has 1 aliphatic rings. The van der Waals surface area contributed by atoms with E-state index >= 15 is 0 Å². The largest absolute Gasteiger partial charge is 0.380 e. The summed E-state index contributed by atoms with van der Waals surface area (Å²) in [5.41, 5.74) is 3.10. The molecule has 0 saturated carbocycles. The first-order valence-corrected chi connectivity index (χ1v) is 8.38. The second-order valence-corrected chi connectivity index (χ2v) is 7.22. The van der Waals surface area contributed by atoms with Crippen LogP contribution in [0.2, 0.25) is 0 Å². The SMILES string of the molecule is COCc1cncc2c1CCN(S(=O)(=O)c1cn(C)cn1)C2. The Balaban J connectivity index is 1.90. The fourth-order valence-corrected chi connectivity index (χ4v) is 4.07. The normalized spacial score (nSPS) is 15.7. The number of fused-ring (bicyclic) bond motifs is 1. The molecule has 0 saturated heterocycles. The Morgan fingerprint density at radius 3 is 2.86 bits per heavy atom. The molecule has 0 N–H and O–H groups in total. The molecule has 8 heteroatoms. The van der Waals surface area contributed by atoms with Crippen molar-refractivity contribution in [3.63, 3.8) is 0 Å². The van der Waals surface area contributed by atoms with E-state index in [1.165, 1.54) is 16.8 Å². The van der Waals surface area contributed by atoms with Gasteiger partial charge in [-0.05, 0) is 23.1 Å². The molecule has 0 aliphatic carbocycles. The van der Waals surface area contributed by atoms with Crippen LogP contribution in [0.5, 0.6) is 0 Å². The lowest BCUT2D eigenvalue weighted by molar-refractivity contribution is 0.183. The molecule has 3 heterocycles. The third-order valence-corrected chi connectivity index (χ3v) is 5.51. The van der Waals surface area contributed by atoms with E-state index in [0.717, 1.165) is 16.7 Å². The summed E-state index contributed by atoms with van der Waals surface area (Å²) in [6, 6.07) is 0. The molecule has 0 aromatic carbocycles. The van der Waals surface area contributed by atoms with Gasteiger partial charge >= 0.3 is 0 Å². The Bertz CT molecular complexity index is 785. The van der Waals surface area contributed by atoms with E-state index in [-0.39, 0.29) is 5.03 Å². The number of hydrogen-bond acceptors (Lipinski definition) is 5. The van der Waals surface area contributed by atoms with Gasteiger partial charge in [0, 0.05) is 45.8 Å². The summed E-state index contributed by atoms with van der Waals surface area (Å²) in [6.07, 6.45) is 7.18. The maximum absolute atomic E-state index is 12.6. The zero-order valence-corrected chi connectivity index (χ0v) is 13.4. The summed E-state index contributed by atoms with van der Waals surface area (Å²) >= 11 is 0. The van der Waals surface area contributed by atoms with Crippen LogP contribution in [0.25, 0.3) is 0 Å². The predicted octanol–water partition coefficient (Wildman–Crippen LogP) is 0.708. The molecule has 0 atom stereocenters. The second-order valence-electron chi connectivity index (χ2n) is 5.34. The van der Waals surface area contributed by atoms with E-state index in [4.69, 9.17) is 4.74 Å². The van der Waals surface area contributed by atoms with E-state index in [0.29, 0.717) is 26.1 Å². The molecule has 2 aromatic rings. The second kappa shape index (κ2) is 5.79. The smallest absolute Gasteiger partial charge is 0.262 e. The molecule has 7 nitrogen and oxygen atoms in total. The summed E-state index contributed by atoms with van der Waals surface area (Å²) in [6.45, 7) is 1.24. The van der Waals surface area contributed by atoms with Gasteiger partial charge in [-0.15, -0.1) is 0 Å². The van der Waals surface area contributed by atoms with Gasteiger partial charge in [-0.3, -0.25) is 4.98 Å². The number of methoxy groups -OCH3 is 1. The van der Waals surface area contributed by atoms with Crippen LogP contribution in [0.4, 0.5) is 0 Å². The van der Waals surface area contributed by atoms with Gasteiger partial charge in [-0.2, -0.15) is 4.31 Å². The van der Waals surface area contributed by atoms with Gasteiger partial charge in [0.2, 0.25) is 0 Å². The molecule has 0 spiro atoms. The van der Waals surface area contributed by atoms with Gasteiger partial charge < -0.3 is 9.30 Å². The minimum absolute atomic E-state index is 0.0828. The maximum Gasteiger partial charge on any atom is 0.262 e. The molecule has 0 fully saturated rings. The molecule has 0 bridgehead atoms. The average molecular weight is 322 g/mol. The number of ether oxygens (including phenoxy) is 1. The number of imidazole rings is 1. The highest BCUT2D eigenvalue weighted by molar-refractivity contribution is 7.89. The maximum atomic E-state index is 12.6. The monoisotopic (exact) mass is 322 g/mol. The van der Waals surface area contributed by atoms with Crippen molar-refractivity contribution in [2.45, 2.75) is 24.6 Å². The predicted molar refractivity (Wildman–Crippen MR) is 79.5 cm³/mol. The lowest BCUT2D eigenvalue weighted by atomic mass is 9.99. The van der Waals surface area contributed by atoms with Crippen molar-refractivity contribution in [1.82, 2.24) is 18.8 Å². The van der Waals surface area contributed by atoms with E-state index < -0.39 is 10.0 Å². The van der Waals surface area contributed by atoms with Crippen molar-refractivity contribution in [3.8, 4) is 0 Å². The van der Waals surface area contributed by atoms with E-state index in [9.17, 15) is 8.42 Å². The van der Waals surface area contributed by atoms with Crippen molar-refractivity contribution >= 4 is 10.0 Å². The Hall–Kier alpha value is -1.77. The minimum atomic E-state index is -3.57. The number of sulfonamides is 1. The third-order valence-electron chi connectivity index (χ3n) is 3.78. The van der Waals surface area contributed by atoms with E-state index in [1.54, 1.807) is 31.1 Å². The van der Waals surface area contributed by atoms with Crippen LogP contribution < -0.4 is 0 Å². The number of pyridine rings is 1. The Morgan fingerprint density at radius 2 is 2.18 bits per heavy atom. The molecule has 0 unspecified atom stereocenters. The van der Waals surface area contributed by atoms with Gasteiger partial charge in [0.1, 0.15) is 0 Å². The van der Waals surface area contributed by atoms with Gasteiger partial charge in [-0.25, -0.2) is 13.4 Å². The Labute approximate surface area is 129 Å². The van der Waals surface area contributed by atoms with Gasteiger partial charge in [0.25, 0.3) is 10.0 Å². The molecule has 2 aromatic heterocycles. The number of rotatable bonds is 4. The van der Waals surface area contributed by atoms with Crippen LogP contribution >= 0.6 is 0 Å². The minimum Gasteiger partial charge on any atom is -0.380 e. The van der Waals surface area contributed by atoms with Crippen LogP contribution in [0.1, 0.15) is 16.7 Å². The molecule has 1 aliphatic heterocycles. The zero-order valence-electron chi connectivity index (χ0n) is 12.6. The summed E-state index contributed by atoms with van der Waals surface area (Å²) in [4.78, 5) is 8.15. The Morgan fingerprint density at radius 1 is 1.36 bits per heavy atom. The highest BCUT2D eigenvalue weighted by atomic mass is 32.2. The van der Waals surface area contributed by atoms with Crippen molar-refractivity contribution in [2.75, 3.05) is 13.7 Å². The van der Waals surface area contributed by atoms with Crippen LogP contribution in [0, 0.1) is 0 Å². The third kappa shape index (κ3) is 2.65. The van der Waals surface area contributed by atoms with Gasteiger partial charge in [-0.1, -0.05) is 0 Å². The van der Waals surface area contributed by atoms with Crippen molar-refractivity contribution in [3.05, 3.63) is 41.6 Å². The van der Waals surface area contributed by atoms with Crippen LogP contribution in [0.3, 0.4) is 0 Å². The highest BCUT2D eigenvalue weighted by Crippen LogP contribution is 2.26. The van der Waals surface area contributed by atoms with Gasteiger partial charge in [0.15, 0.2) is 5.03 Å². The topological polar surface area (TPSA) is 77.3 Å². The summed E-state index contributed by atoms with van der Waals surface area (Å²) in [5.74, 6) is 0. The number of aromatic nitrogens is 3. The van der Waals surface area contributed by atoms with Crippen molar-refractivity contribution < 1.29 is 13.2 Å². The molecule has 118 valence electrons. The van der Waals surface area contributed by atoms with Crippen LogP contribution in [0.15, 0.2) is 29.9 Å². The number of hydrogen-bond donors (Lipinski definition) is 0. The summed E-state index contributed by atoms with van der Waals surface area (Å²) in [7, 11) is -0.179. The first kappa shape index (κ1) is 15.1. The molecule has 0 radical (unpaired) electrons. The first-order chi connectivity index (χ1) is 10.5. The lowest BCUT2D eigenvalue weighted by Crippen LogP contribution is -2.36. The zero-order chi connectivity index (χ0) is 15.7. The lowest BCUT2D eigenvalue weighted by Gasteiger charge is -2.28. The number of nitrogens with zero attached hydrogens (tertiary/aromatic N) is 4.